The standard InChI is InChI=1S/C26H22FN3O3/c27-23-10-8-19(9-11-23)21-2-1-3-22(16-21)24-12-15-29-30(24)17-18-4-6-20(7-5-18)26(33)28-14-13-25(31)32/h1-12,15-16H,13-14,17H2,(H,28,33)(H,31,32). The Labute approximate surface area is 190 Å². The van der Waals surface area contributed by atoms with Crippen LogP contribution in [0.15, 0.2) is 85.1 Å². The van der Waals surface area contributed by atoms with E-state index in [1.54, 1.807) is 30.5 Å². The third-order valence-electron chi connectivity index (χ3n) is 5.23. The van der Waals surface area contributed by atoms with Gasteiger partial charge in [-0.15, -0.1) is 0 Å². The molecule has 166 valence electrons. The van der Waals surface area contributed by atoms with Crippen LogP contribution in [0, 0.1) is 5.82 Å². The highest BCUT2D eigenvalue weighted by molar-refractivity contribution is 5.94. The zero-order chi connectivity index (χ0) is 23.2. The molecule has 0 aliphatic carbocycles. The number of hydrogen-bond donors (Lipinski definition) is 2. The highest BCUT2D eigenvalue weighted by atomic mass is 19.1. The van der Waals surface area contributed by atoms with E-state index in [0.717, 1.165) is 27.9 Å². The number of aromatic nitrogens is 2. The molecule has 7 heteroatoms. The quantitative estimate of drug-likeness (QED) is 0.417. The van der Waals surface area contributed by atoms with E-state index in [9.17, 15) is 14.0 Å². The summed E-state index contributed by atoms with van der Waals surface area (Å²) in [5, 5.41) is 15.7. The van der Waals surface area contributed by atoms with Gasteiger partial charge in [-0.25, -0.2) is 4.39 Å². The van der Waals surface area contributed by atoms with Crippen molar-refractivity contribution in [2.45, 2.75) is 13.0 Å². The SMILES string of the molecule is O=C(O)CCNC(=O)c1ccc(Cn2nccc2-c2cccc(-c3ccc(F)cc3)c2)cc1. The third kappa shape index (κ3) is 5.51. The molecule has 0 bridgehead atoms. The normalized spacial score (nSPS) is 10.7. The number of hydrogen-bond acceptors (Lipinski definition) is 3. The van der Waals surface area contributed by atoms with Gasteiger partial charge in [-0.05, 0) is 53.1 Å². The zero-order valence-electron chi connectivity index (χ0n) is 17.7. The summed E-state index contributed by atoms with van der Waals surface area (Å²) in [6.07, 6.45) is 1.62. The van der Waals surface area contributed by atoms with Gasteiger partial charge in [-0.2, -0.15) is 5.10 Å². The summed E-state index contributed by atoms with van der Waals surface area (Å²) in [5.41, 5.74) is 5.28. The fraction of sp³-hybridized carbons (Fsp3) is 0.115. The number of carbonyl (C=O) groups is 2. The molecule has 0 fully saturated rings. The average Bonchev–Trinajstić information content (AvgIpc) is 3.28. The number of nitrogens with one attached hydrogen (secondary N) is 1. The largest absolute Gasteiger partial charge is 0.481 e. The van der Waals surface area contributed by atoms with Crippen LogP contribution in [0.2, 0.25) is 0 Å². The summed E-state index contributed by atoms with van der Waals surface area (Å²) in [4.78, 5) is 22.7. The van der Waals surface area contributed by atoms with Gasteiger partial charge in [0.2, 0.25) is 0 Å². The van der Waals surface area contributed by atoms with Crippen molar-refractivity contribution in [3.63, 3.8) is 0 Å². The van der Waals surface area contributed by atoms with Crippen LogP contribution < -0.4 is 5.32 Å². The number of amides is 1. The second kappa shape index (κ2) is 9.91. The molecule has 33 heavy (non-hydrogen) atoms. The molecule has 0 radical (unpaired) electrons. The van der Waals surface area contributed by atoms with Gasteiger partial charge in [0.1, 0.15) is 5.82 Å². The van der Waals surface area contributed by atoms with E-state index in [-0.39, 0.29) is 24.7 Å². The Hall–Kier alpha value is -4.26. The topological polar surface area (TPSA) is 84.2 Å². The summed E-state index contributed by atoms with van der Waals surface area (Å²) >= 11 is 0. The van der Waals surface area contributed by atoms with Crippen molar-refractivity contribution < 1.29 is 19.1 Å². The molecule has 0 aliphatic rings. The molecule has 1 aromatic heterocycles. The highest BCUT2D eigenvalue weighted by Gasteiger charge is 2.10. The fourth-order valence-corrected chi connectivity index (χ4v) is 3.52. The number of carboxylic acid groups (broad SMARTS) is 1. The molecule has 4 rings (SSSR count). The minimum atomic E-state index is -0.955. The van der Waals surface area contributed by atoms with Crippen LogP contribution in [0.4, 0.5) is 4.39 Å². The van der Waals surface area contributed by atoms with E-state index >= 15 is 0 Å². The minimum absolute atomic E-state index is 0.0869. The monoisotopic (exact) mass is 443 g/mol. The van der Waals surface area contributed by atoms with Gasteiger partial charge < -0.3 is 10.4 Å². The third-order valence-corrected chi connectivity index (χ3v) is 5.23. The molecule has 0 spiro atoms. The Kier molecular flexibility index (Phi) is 6.59. The van der Waals surface area contributed by atoms with E-state index in [4.69, 9.17) is 5.11 Å². The van der Waals surface area contributed by atoms with Crippen molar-refractivity contribution in [2.75, 3.05) is 6.54 Å². The Balaban J connectivity index is 1.48. The molecule has 0 aliphatic heterocycles. The molecular formula is C26H22FN3O3. The molecule has 4 aromatic rings. The lowest BCUT2D eigenvalue weighted by Crippen LogP contribution is -2.25. The van der Waals surface area contributed by atoms with E-state index in [0.29, 0.717) is 12.1 Å². The Morgan fingerprint density at radius 3 is 2.36 bits per heavy atom. The van der Waals surface area contributed by atoms with Crippen LogP contribution in [-0.4, -0.2) is 33.3 Å². The molecule has 0 atom stereocenters. The van der Waals surface area contributed by atoms with Crippen molar-refractivity contribution in [3.8, 4) is 22.4 Å². The van der Waals surface area contributed by atoms with Gasteiger partial charge in [-0.1, -0.05) is 42.5 Å². The van der Waals surface area contributed by atoms with Crippen molar-refractivity contribution in [1.29, 1.82) is 0 Å². The number of halogens is 1. The molecule has 3 aromatic carbocycles. The lowest BCUT2D eigenvalue weighted by molar-refractivity contribution is -0.136. The summed E-state index contributed by atoms with van der Waals surface area (Å²) in [7, 11) is 0. The smallest absolute Gasteiger partial charge is 0.305 e. The van der Waals surface area contributed by atoms with E-state index in [1.165, 1.54) is 12.1 Å². The second-order valence-electron chi connectivity index (χ2n) is 7.56. The van der Waals surface area contributed by atoms with Crippen molar-refractivity contribution in [1.82, 2.24) is 15.1 Å². The number of nitrogens with zero attached hydrogens (tertiary/aromatic N) is 2. The van der Waals surface area contributed by atoms with Crippen LogP contribution in [0.1, 0.15) is 22.3 Å². The summed E-state index contributed by atoms with van der Waals surface area (Å²) in [6, 6.07) is 23.5. The van der Waals surface area contributed by atoms with E-state index in [1.807, 2.05) is 47.1 Å². The predicted octanol–water partition coefficient (Wildman–Crippen LogP) is 4.61. The van der Waals surface area contributed by atoms with Crippen LogP contribution in [0.5, 0.6) is 0 Å². The highest BCUT2D eigenvalue weighted by Crippen LogP contribution is 2.27. The molecule has 2 N–H and O–H groups in total. The first kappa shape index (κ1) is 22.0. The van der Waals surface area contributed by atoms with Gasteiger partial charge in [0.15, 0.2) is 0 Å². The molecule has 1 amide bonds. The van der Waals surface area contributed by atoms with Gasteiger partial charge >= 0.3 is 5.97 Å². The average molecular weight is 443 g/mol. The van der Waals surface area contributed by atoms with Gasteiger partial charge in [0.05, 0.1) is 18.7 Å². The van der Waals surface area contributed by atoms with E-state index in [2.05, 4.69) is 10.4 Å². The maximum Gasteiger partial charge on any atom is 0.305 e. The van der Waals surface area contributed by atoms with Gasteiger partial charge in [0.25, 0.3) is 5.91 Å². The summed E-state index contributed by atoms with van der Waals surface area (Å²) < 4.78 is 15.1. The Morgan fingerprint density at radius 2 is 1.64 bits per heavy atom. The maximum atomic E-state index is 13.3. The molecule has 6 nitrogen and oxygen atoms in total. The van der Waals surface area contributed by atoms with Gasteiger partial charge in [0, 0.05) is 23.9 Å². The molecule has 0 saturated carbocycles. The van der Waals surface area contributed by atoms with E-state index < -0.39 is 5.97 Å². The minimum Gasteiger partial charge on any atom is -0.481 e. The van der Waals surface area contributed by atoms with Crippen LogP contribution in [-0.2, 0) is 11.3 Å². The zero-order valence-corrected chi connectivity index (χ0v) is 17.7. The summed E-state index contributed by atoms with van der Waals surface area (Å²) in [6.45, 7) is 0.605. The predicted molar refractivity (Wildman–Crippen MR) is 123 cm³/mol. The summed E-state index contributed by atoms with van der Waals surface area (Å²) in [5.74, 6) is -1.53. The van der Waals surface area contributed by atoms with Crippen molar-refractivity contribution in [3.05, 3.63) is 102 Å². The first-order valence-electron chi connectivity index (χ1n) is 10.5. The maximum absolute atomic E-state index is 13.3. The van der Waals surface area contributed by atoms with Crippen LogP contribution in [0.3, 0.4) is 0 Å². The Bertz CT molecular complexity index is 1260. The first-order chi connectivity index (χ1) is 16.0. The fourth-order valence-electron chi connectivity index (χ4n) is 3.52. The van der Waals surface area contributed by atoms with Crippen molar-refractivity contribution >= 4 is 11.9 Å². The Morgan fingerprint density at radius 1 is 0.909 bits per heavy atom. The molecule has 0 saturated heterocycles. The lowest BCUT2D eigenvalue weighted by Gasteiger charge is -2.10. The molecule has 1 heterocycles. The molecular weight excluding hydrogens is 421 g/mol. The second-order valence-corrected chi connectivity index (χ2v) is 7.56. The first-order valence-corrected chi connectivity index (χ1v) is 10.5. The van der Waals surface area contributed by atoms with Crippen LogP contribution in [0.25, 0.3) is 22.4 Å². The van der Waals surface area contributed by atoms with Gasteiger partial charge in [-0.3, -0.25) is 14.3 Å². The number of carboxylic acids is 1. The molecule has 0 unspecified atom stereocenters. The number of rotatable bonds is 8. The number of carbonyl (C=O) groups excluding carboxylic acids is 1. The lowest BCUT2D eigenvalue weighted by atomic mass is 10.0. The number of benzene rings is 3. The van der Waals surface area contributed by atoms with Crippen LogP contribution >= 0.6 is 0 Å². The van der Waals surface area contributed by atoms with Crippen molar-refractivity contribution in [2.24, 2.45) is 0 Å². The number of aliphatic carboxylic acids is 1.